The molecule has 9 heteroatoms. The molecule has 0 unspecified atom stereocenters. The van der Waals surface area contributed by atoms with Crippen LogP contribution in [0.15, 0.2) is 34.2 Å². The second-order valence-corrected chi connectivity index (χ2v) is 7.64. The summed E-state index contributed by atoms with van der Waals surface area (Å²) in [4.78, 5) is 4.63. The van der Waals surface area contributed by atoms with E-state index in [1.54, 1.807) is 36.0 Å². The van der Waals surface area contributed by atoms with Crippen molar-refractivity contribution in [1.82, 2.24) is 15.4 Å². The van der Waals surface area contributed by atoms with Crippen molar-refractivity contribution in [2.24, 2.45) is 4.99 Å². The van der Waals surface area contributed by atoms with Gasteiger partial charge >= 0.3 is 0 Å². The van der Waals surface area contributed by atoms with E-state index in [-0.39, 0.29) is 35.4 Å². The van der Waals surface area contributed by atoms with Crippen molar-refractivity contribution >= 4 is 51.7 Å². The van der Waals surface area contributed by atoms with Gasteiger partial charge in [0.15, 0.2) is 5.96 Å². The van der Waals surface area contributed by atoms with Crippen molar-refractivity contribution in [3.8, 4) is 0 Å². The zero-order valence-corrected chi connectivity index (χ0v) is 18.3. The largest absolute Gasteiger partial charge is 0.357 e. The Balaban J connectivity index is 0.00000529. The van der Waals surface area contributed by atoms with Crippen LogP contribution in [0, 0.1) is 6.92 Å². The molecule has 0 bridgehead atoms. The van der Waals surface area contributed by atoms with E-state index in [1.165, 1.54) is 0 Å². The van der Waals surface area contributed by atoms with Crippen molar-refractivity contribution < 1.29 is 8.42 Å². The second-order valence-electron chi connectivity index (χ2n) is 4.89. The number of aliphatic imine (C=N–C) groups is 1. The van der Waals surface area contributed by atoms with E-state index in [0.717, 1.165) is 24.4 Å². The van der Waals surface area contributed by atoms with Gasteiger partial charge in [0.25, 0.3) is 0 Å². The van der Waals surface area contributed by atoms with Crippen LogP contribution >= 0.6 is 35.7 Å². The molecule has 3 N–H and O–H groups in total. The van der Waals surface area contributed by atoms with Crippen LogP contribution in [0.25, 0.3) is 0 Å². The zero-order chi connectivity index (χ0) is 17.1. The minimum Gasteiger partial charge on any atom is -0.357 e. The van der Waals surface area contributed by atoms with Gasteiger partial charge in [-0.3, -0.25) is 4.99 Å². The Kier molecular flexibility index (Phi) is 12.5. The molecular weight excluding hydrogens is 459 g/mol. The van der Waals surface area contributed by atoms with Gasteiger partial charge in [-0.25, -0.2) is 13.1 Å². The van der Waals surface area contributed by atoms with E-state index in [2.05, 4.69) is 20.3 Å². The third kappa shape index (κ3) is 9.09. The normalized spacial score (nSPS) is 11.7. The summed E-state index contributed by atoms with van der Waals surface area (Å²) in [5, 5.41) is 6.33. The smallest absolute Gasteiger partial charge is 0.240 e. The lowest BCUT2D eigenvalue weighted by atomic mass is 10.2. The SMILES string of the molecule is CCNC(=NCCNS(=O)(=O)c1ccc(C)cc1)NCCSC.I. The first kappa shape index (κ1) is 23.5. The highest BCUT2D eigenvalue weighted by molar-refractivity contribution is 14.0. The fraction of sp³-hybridized carbons (Fsp3) is 0.533. The van der Waals surface area contributed by atoms with Gasteiger partial charge in [-0.2, -0.15) is 11.8 Å². The van der Waals surface area contributed by atoms with Crippen LogP contribution in [-0.2, 0) is 10.0 Å². The number of guanidine groups is 1. The highest BCUT2D eigenvalue weighted by Crippen LogP contribution is 2.09. The number of halogens is 1. The fourth-order valence-electron chi connectivity index (χ4n) is 1.76. The maximum absolute atomic E-state index is 12.1. The number of aryl methyl sites for hydroxylation is 1. The van der Waals surface area contributed by atoms with Gasteiger partial charge in [-0.15, -0.1) is 24.0 Å². The molecule has 1 rings (SSSR count). The lowest BCUT2D eigenvalue weighted by Crippen LogP contribution is -2.39. The fourth-order valence-corrected chi connectivity index (χ4v) is 3.09. The van der Waals surface area contributed by atoms with E-state index in [0.29, 0.717) is 12.5 Å². The standard InChI is InChI=1S/C15H26N4O2S2.HI/c1-4-16-15(18-11-12-22-3)17-9-10-19-23(20,21)14-7-5-13(2)6-8-14;/h5-8,19H,4,9-12H2,1-3H3,(H2,16,17,18);1H. The van der Waals surface area contributed by atoms with E-state index in [1.807, 2.05) is 20.1 Å². The molecule has 0 aliphatic rings. The van der Waals surface area contributed by atoms with Crippen LogP contribution in [0.1, 0.15) is 12.5 Å². The van der Waals surface area contributed by atoms with Crippen molar-refractivity contribution in [3.05, 3.63) is 29.8 Å². The van der Waals surface area contributed by atoms with Gasteiger partial charge in [0, 0.05) is 25.4 Å². The summed E-state index contributed by atoms with van der Waals surface area (Å²) >= 11 is 1.76. The predicted octanol–water partition coefficient (Wildman–Crippen LogP) is 1.81. The van der Waals surface area contributed by atoms with Gasteiger partial charge in [0.2, 0.25) is 10.0 Å². The maximum Gasteiger partial charge on any atom is 0.240 e. The second kappa shape index (κ2) is 12.8. The molecule has 1 aromatic rings. The number of benzene rings is 1. The van der Waals surface area contributed by atoms with Crippen molar-refractivity contribution in [2.45, 2.75) is 18.7 Å². The Morgan fingerprint density at radius 1 is 1.17 bits per heavy atom. The third-order valence-electron chi connectivity index (χ3n) is 2.95. The lowest BCUT2D eigenvalue weighted by Gasteiger charge is -2.11. The molecule has 0 saturated heterocycles. The van der Waals surface area contributed by atoms with Crippen molar-refractivity contribution in [2.75, 3.05) is 38.2 Å². The van der Waals surface area contributed by atoms with Crippen LogP contribution in [0.2, 0.25) is 0 Å². The first-order valence-electron chi connectivity index (χ1n) is 7.57. The number of hydrogen-bond donors (Lipinski definition) is 3. The molecule has 6 nitrogen and oxygen atoms in total. The Morgan fingerprint density at radius 3 is 2.42 bits per heavy atom. The summed E-state index contributed by atoms with van der Waals surface area (Å²) in [6, 6.07) is 6.78. The van der Waals surface area contributed by atoms with Gasteiger partial charge in [0.1, 0.15) is 0 Å². The first-order chi connectivity index (χ1) is 11.0. The van der Waals surface area contributed by atoms with E-state index in [4.69, 9.17) is 0 Å². The Bertz CT molecular complexity index is 592. The summed E-state index contributed by atoms with van der Waals surface area (Å²) in [5.41, 5.74) is 1.03. The molecule has 138 valence electrons. The van der Waals surface area contributed by atoms with Crippen LogP contribution < -0.4 is 15.4 Å². The molecular formula is C15H27IN4O2S2. The number of hydrogen-bond acceptors (Lipinski definition) is 4. The Morgan fingerprint density at radius 2 is 1.83 bits per heavy atom. The number of nitrogens with one attached hydrogen (secondary N) is 3. The summed E-state index contributed by atoms with van der Waals surface area (Å²) in [6.07, 6.45) is 2.05. The maximum atomic E-state index is 12.1. The number of sulfonamides is 1. The zero-order valence-electron chi connectivity index (χ0n) is 14.3. The Hall–Kier alpha value is -0.520. The van der Waals surface area contributed by atoms with Crippen molar-refractivity contribution in [3.63, 3.8) is 0 Å². The van der Waals surface area contributed by atoms with Crippen LogP contribution in [0.3, 0.4) is 0 Å². The summed E-state index contributed by atoms with van der Waals surface area (Å²) in [7, 11) is -3.47. The highest BCUT2D eigenvalue weighted by Gasteiger charge is 2.12. The van der Waals surface area contributed by atoms with E-state index in [9.17, 15) is 8.42 Å². The van der Waals surface area contributed by atoms with Crippen LogP contribution in [-0.4, -0.2) is 52.6 Å². The van der Waals surface area contributed by atoms with Crippen molar-refractivity contribution in [1.29, 1.82) is 0 Å². The average Bonchev–Trinajstić information content (AvgIpc) is 2.52. The molecule has 0 amide bonds. The molecule has 0 aliphatic carbocycles. The third-order valence-corrected chi connectivity index (χ3v) is 5.04. The van der Waals surface area contributed by atoms with Gasteiger partial charge in [-0.1, -0.05) is 17.7 Å². The van der Waals surface area contributed by atoms with E-state index >= 15 is 0 Å². The topological polar surface area (TPSA) is 82.6 Å². The molecule has 0 radical (unpaired) electrons. The van der Waals surface area contributed by atoms with Gasteiger partial charge in [0.05, 0.1) is 11.4 Å². The monoisotopic (exact) mass is 486 g/mol. The van der Waals surface area contributed by atoms with E-state index < -0.39 is 10.0 Å². The average molecular weight is 486 g/mol. The Labute approximate surface area is 166 Å². The lowest BCUT2D eigenvalue weighted by molar-refractivity contribution is 0.582. The molecule has 0 heterocycles. The predicted molar refractivity (Wildman–Crippen MR) is 114 cm³/mol. The summed E-state index contributed by atoms with van der Waals surface area (Å²) in [5.74, 6) is 1.70. The number of nitrogens with zero attached hydrogens (tertiary/aromatic N) is 1. The number of rotatable bonds is 9. The summed E-state index contributed by atoms with van der Waals surface area (Å²) < 4.78 is 26.8. The minimum absolute atomic E-state index is 0. The molecule has 0 spiro atoms. The molecule has 0 fully saturated rings. The minimum atomic E-state index is -3.47. The first-order valence-corrected chi connectivity index (χ1v) is 10.4. The number of thioether (sulfide) groups is 1. The highest BCUT2D eigenvalue weighted by atomic mass is 127. The molecule has 0 aliphatic heterocycles. The van der Waals surface area contributed by atoms with Crippen LogP contribution in [0.4, 0.5) is 0 Å². The molecule has 1 aromatic carbocycles. The summed E-state index contributed by atoms with van der Waals surface area (Å²) in [6.45, 7) is 6.13. The van der Waals surface area contributed by atoms with Gasteiger partial charge < -0.3 is 10.6 Å². The van der Waals surface area contributed by atoms with Crippen LogP contribution in [0.5, 0.6) is 0 Å². The molecule has 0 saturated carbocycles. The molecule has 24 heavy (non-hydrogen) atoms. The van der Waals surface area contributed by atoms with Gasteiger partial charge in [-0.05, 0) is 32.2 Å². The quantitative estimate of drug-likeness (QED) is 0.215. The molecule has 0 atom stereocenters. The molecule has 0 aromatic heterocycles.